The van der Waals surface area contributed by atoms with Crippen LogP contribution in [-0.2, 0) is 22.0 Å². The van der Waals surface area contributed by atoms with Crippen molar-refractivity contribution in [3.63, 3.8) is 0 Å². The fourth-order valence-electron chi connectivity index (χ4n) is 5.24. The molecule has 5 nitrogen and oxygen atoms in total. The Kier molecular flexibility index (Phi) is 5.72. The SMILES string of the molecule is CC(=O)NC1CCN(C(=O)c2ccc(Cc3cc4c(cc3C)C(C)(C)CCC4(C)C)o2)C1. The molecule has 1 fully saturated rings. The number of amides is 2. The summed E-state index contributed by atoms with van der Waals surface area (Å²) >= 11 is 0. The summed E-state index contributed by atoms with van der Waals surface area (Å²) < 4.78 is 5.99. The number of benzene rings is 1. The third kappa shape index (κ3) is 4.35. The number of nitrogens with one attached hydrogen (secondary N) is 1. The van der Waals surface area contributed by atoms with Gasteiger partial charge in [-0.15, -0.1) is 0 Å². The summed E-state index contributed by atoms with van der Waals surface area (Å²) in [5.41, 5.74) is 5.80. The summed E-state index contributed by atoms with van der Waals surface area (Å²) in [6, 6.07) is 8.46. The molecule has 0 saturated carbocycles. The molecule has 2 aliphatic rings. The predicted molar refractivity (Wildman–Crippen MR) is 126 cm³/mol. The molecule has 1 aliphatic carbocycles. The van der Waals surface area contributed by atoms with Gasteiger partial charge < -0.3 is 14.6 Å². The molecule has 0 radical (unpaired) electrons. The first kappa shape index (κ1) is 22.6. The van der Waals surface area contributed by atoms with Gasteiger partial charge in [-0.3, -0.25) is 9.59 Å². The third-order valence-electron chi connectivity index (χ3n) is 7.43. The molecule has 172 valence electrons. The average Bonchev–Trinajstić information content (AvgIpc) is 3.35. The van der Waals surface area contributed by atoms with Crippen LogP contribution in [0, 0.1) is 6.92 Å². The van der Waals surface area contributed by atoms with Crippen LogP contribution < -0.4 is 5.32 Å². The van der Waals surface area contributed by atoms with Crippen LogP contribution in [0.15, 0.2) is 28.7 Å². The van der Waals surface area contributed by atoms with Gasteiger partial charge in [0.25, 0.3) is 5.91 Å². The minimum Gasteiger partial charge on any atom is -0.456 e. The van der Waals surface area contributed by atoms with Crippen LogP contribution in [0.25, 0.3) is 0 Å². The fourth-order valence-corrected chi connectivity index (χ4v) is 5.24. The second-order valence-electron chi connectivity index (χ2n) is 11.0. The average molecular weight is 437 g/mol. The highest BCUT2D eigenvalue weighted by Gasteiger charge is 2.37. The molecule has 32 heavy (non-hydrogen) atoms. The van der Waals surface area contributed by atoms with Gasteiger partial charge in [-0.2, -0.15) is 0 Å². The van der Waals surface area contributed by atoms with Crippen LogP contribution in [0.1, 0.15) is 92.4 Å². The van der Waals surface area contributed by atoms with Crippen molar-refractivity contribution in [2.75, 3.05) is 13.1 Å². The van der Waals surface area contributed by atoms with Crippen molar-refractivity contribution in [1.82, 2.24) is 10.2 Å². The van der Waals surface area contributed by atoms with E-state index in [4.69, 9.17) is 4.42 Å². The van der Waals surface area contributed by atoms with E-state index in [1.807, 2.05) is 6.07 Å². The molecule has 4 rings (SSSR count). The Bertz CT molecular complexity index is 1050. The molecule has 1 atom stereocenters. The Labute approximate surface area is 191 Å². The molecule has 5 heteroatoms. The molecule has 0 spiro atoms. The number of hydrogen-bond donors (Lipinski definition) is 1. The van der Waals surface area contributed by atoms with Gasteiger partial charge in [0.05, 0.1) is 0 Å². The van der Waals surface area contributed by atoms with Gasteiger partial charge in [0.15, 0.2) is 5.76 Å². The number of carbonyl (C=O) groups excluding carboxylic acids is 2. The number of rotatable bonds is 4. The highest BCUT2D eigenvalue weighted by atomic mass is 16.4. The minimum atomic E-state index is -0.103. The van der Waals surface area contributed by atoms with Crippen molar-refractivity contribution < 1.29 is 14.0 Å². The molecule has 1 aliphatic heterocycles. The number of likely N-dealkylation sites (tertiary alicyclic amines) is 1. The van der Waals surface area contributed by atoms with E-state index in [2.05, 4.69) is 52.1 Å². The van der Waals surface area contributed by atoms with Gasteiger partial charge in [-0.05, 0) is 71.4 Å². The summed E-state index contributed by atoms with van der Waals surface area (Å²) in [6.07, 6.45) is 3.84. The lowest BCUT2D eigenvalue weighted by Gasteiger charge is -2.42. The van der Waals surface area contributed by atoms with Crippen LogP contribution in [0.3, 0.4) is 0 Å². The van der Waals surface area contributed by atoms with Crippen molar-refractivity contribution in [2.45, 2.75) is 84.1 Å². The van der Waals surface area contributed by atoms with Gasteiger partial charge in [0.1, 0.15) is 5.76 Å². The van der Waals surface area contributed by atoms with Crippen LogP contribution in [-0.4, -0.2) is 35.8 Å². The summed E-state index contributed by atoms with van der Waals surface area (Å²) in [4.78, 5) is 25.9. The Hall–Kier alpha value is -2.56. The topological polar surface area (TPSA) is 62.6 Å². The minimum absolute atomic E-state index is 0.0247. The normalized spacial score (nSPS) is 21.3. The van der Waals surface area contributed by atoms with E-state index < -0.39 is 0 Å². The second-order valence-corrected chi connectivity index (χ2v) is 11.0. The molecule has 2 heterocycles. The molecule has 2 aromatic rings. The maximum atomic E-state index is 12.9. The fraction of sp³-hybridized carbons (Fsp3) is 0.556. The van der Waals surface area contributed by atoms with E-state index in [1.54, 1.807) is 11.0 Å². The Morgan fingerprint density at radius 1 is 1.09 bits per heavy atom. The number of aryl methyl sites for hydroxylation is 1. The maximum absolute atomic E-state index is 12.9. The van der Waals surface area contributed by atoms with Crippen molar-refractivity contribution in [2.24, 2.45) is 0 Å². The Balaban J connectivity index is 1.52. The molecule has 2 amide bonds. The van der Waals surface area contributed by atoms with E-state index in [0.717, 1.165) is 12.2 Å². The van der Waals surface area contributed by atoms with Crippen molar-refractivity contribution >= 4 is 11.8 Å². The largest absolute Gasteiger partial charge is 0.456 e. The Morgan fingerprint density at radius 3 is 2.41 bits per heavy atom. The standard InChI is InChI=1S/C27H36N2O3/c1-17-13-22-23(27(5,6)11-10-26(22,3)4)15-19(17)14-21-7-8-24(32-21)25(31)29-12-9-20(16-29)28-18(2)30/h7-8,13,15,20H,9-12,14,16H2,1-6H3,(H,28,30). The molecule has 1 aromatic heterocycles. The van der Waals surface area contributed by atoms with Gasteiger partial charge in [-0.1, -0.05) is 39.8 Å². The monoisotopic (exact) mass is 436 g/mol. The summed E-state index contributed by atoms with van der Waals surface area (Å²) in [6.45, 7) is 14.2. The van der Waals surface area contributed by atoms with E-state index >= 15 is 0 Å². The lowest BCUT2D eigenvalue weighted by molar-refractivity contribution is -0.119. The highest BCUT2D eigenvalue weighted by molar-refractivity contribution is 5.91. The number of fused-ring (bicyclic) bond motifs is 1. The first-order valence-corrected chi connectivity index (χ1v) is 11.8. The predicted octanol–water partition coefficient (Wildman–Crippen LogP) is 4.88. The maximum Gasteiger partial charge on any atom is 0.289 e. The molecule has 1 aromatic carbocycles. The van der Waals surface area contributed by atoms with E-state index in [9.17, 15) is 9.59 Å². The van der Waals surface area contributed by atoms with Gasteiger partial charge in [-0.25, -0.2) is 0 Å². The second kappa shape index (κ2) is 8.09. The van der Waals surface area contributed by atoms with E-state index in [0.29, 0.717) is 25.3 Å². The highest BCUT2D eigenvalue weighted by Crippen LogP contribution is 2.46. The lowest BCUT2D eigenvalue weighted by Crippen LogP contribution is -2.37. The zero-order chi connectivity index (χ0) is 23.3. The lowest BCUT2D eigenvalue weighted by atomic mass is 9.62. The summed E-state index contributed by atoms with van der Waals surface area (Å²) in [7, 11) is 0. The third-order valence-corrected chi connectivity index (χ3v) is 7.43. The molecule has 1 unspecified atom stereocenters. The number of hydrogen-bond acceptors (Lipinski definition) is 3. The van der Waals surface area contributed by atoms with Crippen LogP contribution >= 0.6 is 0 Å². The number of furan rings is 1. The molecule has 1 N–H and O–H groups in total. The van der Waals surface area contributed by atoms with Crippen LogP contribution in [0.5, 0.6) is 0 Å². The van der Waals surface area contributed by atoms with Crippen LogP contribution in [0.2, 0.25) is 0 Å². The van der Waals surface area contributed by atoms with Gasteiger partial charge in [0, 0.05) is 32.5 Å². The molecule has 0 bridgehead atoms. The van der Waals surface area contributed by atoms with E-state index in [1.165, 1.54) is 42.0 Å². The van der Waals surface area contributed by atoms with Gasteiger partial charge >= 0.3 is 0 Å². The molecule has 1 saturated heterocycles. The number of nitrogens with zero attached hydrogens (tertiary/aromatic N) is 1. The Morgan fingerprint density at radius 2 is 1.75 bits per heavy atom. The van der Waals surface area contributed by atoms with Crippen LogP contribution in [0.4, 0.5) is 0 Å². The first-order valence-electron chi connectivity index (χ1n) is 11.8. The number of carbonyl (C=O) groups is 2. The van der Waals surface area contributed by atoms with Crippen molar-refractivity contribution in [3.05, 3.63) is 58.0 Å². The summed E-state index contributed by atoms with van der Waals surface area (Å²) in [5.74, 6) is 1.02. The first-order chi connectivity index (χ1) is 15.0. The summed E-state index contributed by atoms with van der Waals surface area (Å²) in [5, 5.41) is 2.90. The quantitative estimate of drug-likeness (QED) is 0.743. The molecular weight excluding hydrogens is 400 g/mol. The smallest absolute Gasteiger partial charge is 0.289 e. The van der Waals surface area contributed by atoms with Crippen molar-refractivity contribution in [3.8, 4) is 0 Å². The van der Waals surface area contributed by atoms with Crippen molar-refractivity contribution in [1.29, 1.82) is 0 Å². The zero-order valence-electron chi connectivity index (χ0n) is 20.3. The van der Waals surface area contributed by atoms with Gasteiger partial charge in [0.2, 0.25) is 5.91 Å². The van der Waals surface area contributed by atoms with E-state index in [-0.39, 0.29) is 28.7 Å². The molecular formula is C27H36N2O3. The zero-order valence-corrected chi connectivity index (χ0v) is 20.3.